The Balaban J connectivity index is 1.28. The van der Waals surface area contributed by atoms with Crippen molar-refractivity contribution in [3.63, 3.8) is 0 Å². The Hall–Kier alpha value is -7.55. The zero-order valence-electron chi connectivity index (χ0n) is 34.0. The second-order valence-electron chi connectivity index (χ2n) is 14.2. The smallest absolute Gasteiger partial charge is 0.276 e. The molecule has 21 heteroatoms. The lowest BCUT2D eigenvalue weighted by Crippen LogP contribution is -2.31. The van der Waals surface area contributed by atoms with Crippen LogP contribution in [-0.2, 0) is 24.4 Å². The van der Waals surface area contributed by atoms with Crippen molar-refractivity contribution in [1.82, 2.24) is 44.0 Å². The van der Waals surface area contributed by atoms with Gasteiger partial charge in [-0.1, -0.05) is 12.2 Å². The van der Waals surface area contributed by atoms with E-state index < -0.39 is 29.7 Å². The number of nitrogens with zero attached hydrogens (tertiary/aromatic N) is 8. The van der Waals surface area contributed by atoms with E-state index in [1.165, 1.54) is 24.3 Å². The molecule has 61 heavy (non-hydrogen) atoms. The van der Waals surface area contributed by atoms with E-state index in [1.807, 2.05) is 30.6 Å². The summed E-state index contributed by atoms with van der Waals surface area (Å²) in [5.74, 6) is -1.64. The van der Waals surface area contributed by atoms with Crippen molar-refractivity contribution >= 4 is 63.5 Å². The molecule has 6 aromatic rings. The molecule has 2 aromatic carbocycles. The second-order valence-corrected chi connectivity index (χ2v) is 14.2. The summed E-state index contributed by atoms with van der Waals surface area (Å²) in [5, 5.41) is 17.3. The van der Waals surface area contributed by atoms with Gasteiger partial charge in [0.2, 0.25) is 29.6 Å². The highest BCUT2D eigenvalue weighted by Crippen LogP contribution is 2.38. The zero-order valence-corrected chi connectivity index (χ0v) is 34.0. The van der Waals surface area contributed by atoms with E-state index in [0.29, 0.717) is 76.6 Å². The number of hydrogen-bond acceptors (Lipinski definition) is 12. The van der Waals surface area contributed by atoms with Crippen LogP contribution in [0.2, 0.25) is 0 Å². The van der Waals surface area contributed by atoms with Gasteiger partial charge in [0.15, 0.2) is 0 Å². The van der Waals surface area contributed by atoms with Gasteiger partial charge < -0.3 is 36.6 Å². The number of primary amides is 2. The van der Waals surface area contributed by atoms with Crippen LogP contribution in [0.5, 0.6) is 11.5 Å². The first-order chi connectivity index (χ1) is 29.3. The normalized spacial score (nSPS) is 13.4. The molecular formula is C40H46N14O7. The van der Waals surface area contributed by atoms with Gasteiger partial charge in [-0.05, 0) is 70.5 Å². The summed E-state index contributed by atoms with van der Waals surface area (Å²) in [6.45, 7) is 8.73. The van der Waals surface area contributed by atoms with E-state index >= 15 is 0 Å². The Labute approximate surface area is 348 Å². The predicted octanol–water partition coefficient (Wildman–Crippen LogP) is 2.17. The largest absolute Gasteiger partial charge is 0.491 e. The number of nitrogens with two attached hydrogens (primary N) is 3. The van der Waals surface area contributed by atoms with Crippen LogP contribution < -0.4 is 42.6 Å². The monoisotopic (exact) mass is 834 g/mol. The summed E-state index contributed by atoms with van der Waals surface area (Å²) < 4.78 is 19.1. The predicted molar refractivity (Wildman–Crippen MR) is 224 cm³/mol. The number of imidazole rings is 2. The minimum Gasteiger partial charge on any atom is -0.491 e. The number of carbonyl (C=O) groups excluding carboxylic acids is 5. The van der Waals surface area contributed by atoms with Gasteiger partial charge in [-0.3, -0.25) is 48.5 Å². The summed E-state index contributed by atoms with van der Waals surface area (Å²) in [6.07, 6.45) is 4.09. The molecule has 0 saturated heterocycles. The highest BCUT2D eigenvalue weighted by molar-refractivity contribution is 6.05. The van der Waals surface area contributed by atoms with Gasteiger partial charge in [0.25, 0.3) is 11.8 Å². The molecule has 0 bridgehead atoms. The van der Waals surface area contributed by atoms with E-state index in [0.717, 1.165) is 0 Å². The molecule has 5 heterocycles. The van der Waals surface area contributed by atoms with Gasteiger partial charge in [-0.25, -0.2) is 9.97 Å². The number of benzene rings is 2. The Morgan fingerprint density at radius 2 is 1.43 bits per heavy atom. The molecule has 7 rings (SSSR count). The van der Waals surface area contributed by atoms with Crippen LogP contribution in [0.4, 0.5) is 11.9 Å². The average molecular weight is 835 g/mol. The molecule has 0 aliphatic carbocycles. The number of fused-ring (bicyclic) bond motifs is 1. The highest BCUT2D eigenvalue weighted by atomic mass is 16.5. The van der Waals surface area contributed by atoms with Gasteiger partial charge in [0.05, 0.1) is 41.6 Å². The third-order valence-electron chi connectivity index (χ3n) is 9.92. The van der Waals surface area contributed by atoms with Crippen LogP contribution in [0, 0.1) is 13.8 Å². The summed E-state index contributed by atoms with van der Waals surface area (Å²) in [7, 11) is 0. The molecule has 21 nitrogen and oxygen atoms in total. The number of nitrogens with one attached hydrogen (secondary N) is 3. The first-order valence-corrected chi connectivity index (χ1v) is 19.6. The molecular weight excluding hydrogens is 789 g/mol. The molecule has 1 aliphatic rings. The topological polar surface area (TPSA) is 289 Å². The number of allylic oxidation sites excluding steroid dienone is 1. The van der Waals surface area contributed by atoms with Crippen LogP contribution in [0.3, 0.4) is 0 Å². The van der Waals surface area contributed by atoms with Crippen molar-refractivity contribution < 1.29 is 33.4 Å². The SMILES string of the molecule is CCn1nc(C)cc1C(=O)Nc1nc2cc(C(N)=O)cc(OCCCNC(=O)CN)c2n1C/C=C/[C@H]1COc2cc(C(N)=O)cc3nc(NC(=O)c4cc(C)nn4CC)n1c23. The lowest BCUT2D eigenvalue weighted by Gasteiger charge is -2.25. The van der Waals surface area contributed by atoms with E-state index in [9.17, 15) is 24.0 Å². The second kappa shape index (κ2) is 17.4. The molecule has 5 amide bonds. The number of hydrogen-bond donors (Lipinski definition) is 6. The average Bonchev–Trinajstić information content (AvgIpc) is 4.01. The van der Waals surface area contributed by atoms with Crippen molar-refractivity contribution in [2.24, 2.45) is 17.2 Å². The number of aryl methyl sites for hydroxylation is 4. The van der Waals surface area contributed by atoms with E-state index in [4.69, 9.17) is 36.6 Å². The molecule has 0 spiro atoms. The summed E-state index contributed by atoms with van der Waals surface area (Å²) in [5.41, 5.74) is 20.7. The number of rotatable bonds is 17. The molecule has 9 N–H and O–H groups in total. The maximum Gasteiger partial charge on any atom is 0.276 e. The van der Waals surface area contributed by atoms with Crippen molar-refractivity contribution in [3.05, 3.63) is 82.5 Å². The van der Waals surface area contributed by atoms with E-state index in [2.05, 4.69) is 26.1 Å². The fraction of sp³-hybridized carbons (Fsp3) is 0.325. The summed E-state index contributed by atoms with van der Waals surface area (Å²) in [4.78, 5) is 73.3. The standard InChI is InChI=1S/C40H46N14O7/c1-5-52-28(13-21(3)49-52)37(58)47-39-45-26-15-23(35(42)56)17-30(60-12-8-10-44-32(55)19-41)33(26)51(39)11-7-9-25-20-61-31-18-24(36(43)57)16-27-34(31)54(25)40(46-27)48-38(59)29-14-22(4)50-53(29)6-2/h7,9,13-18,25H,5-6,8,10-12,19-20,41H2,1-4H3,(H2,42,56)(H2,43,57)(H,44,55)(H,45,47,58)(H,46,48,59)/b9-7+/t25-/m0/s1. The molecule has 1 aliphatic heterocycles. The molecule has 0 saturated carbocycles. The van der Waals surface area contributed by atoms with Crippen LogP contribution >= 0.6 is 0 Å². The Morgan fingerprint density at radius 1 is 0.836 bits per heavy atom. The van der Waals surface area contributed by atoms with Gasteiger partial charge in [0.1, 0.15) is 40.5 Å². The molecule has 318 valence electrons. The Bertz CT molecular complexity index is 2740. The van der Waals surface area contributed by atoms with Crippen molar-refractivity contribution in [2.75, 3.05) is 36.9 Å². The van der Waals surface area contributed by atoms with E-state index in [-0.39, 0.29) is 61.0 Å². The van der Waals surface area contributed by atoms with Gasteiger partial charge in [-0.2, -0.15) is 10.2 Å². The lowest BCUT2D eigenvalue weighted by molar-refractivity contribution is -0.119. The molecule has 0 fully saturated rings. The minimum atomic E-state index is -0.714. The van der Waals surface area contributed by atoms with Crippen LogP contribution in [-0.4, -0.2) is 94.5 Å². The van der Waals surface area contributed by atoms with E-state index in [1.54, 1.807) is 39.9 Å². The van der Waals surface area contributed by atoms with Crippen molar-refractivity contribution in [2.45, 2.75) is 59.8 Å². The molecule has 0 unspecified atom stereocenters. The number of ether oxygens (including phenoxy) is 2. The van der Waals surface area contributed by atoms with Gasteiger partial charge in [-0.15, -0.1) is 0 Å². The third kappa shape index (κ3) is 8.48. The van der Waals surface area contributed by atoms with Crippen LogP contribution in [0.25, 0.3) is 22.1 Å². The Morgan fingerprint density at radius 3 is 2.03 bits per heavy atom. The summed E-state index contributed by atoms with van der Waals surface area (Å²) in [6, 6.07) is 8.90. The number of anilines is 2. The first-order valence-electron chi connectivity index (χ1n) is 19.6. The Kier molecular flexibility index (Phi) is 11.8. The molecule has 1 atom stereocenters. The minimum absolute atomic E-state index is 0.0811. The third-order valence-corrected chi connectivity index (χ3v) is 9.92. The van der Waals surface area contributed by atoms with Gasteiger partial charge in [0, 0.05) is 37.3 Å². The highest BCUT2D eigenvalue weighted by Gasteiger charge is 2.29. The molecule has 0 radical (unpaired) electrons. The van der Waals surface area contributed by atoms with Crippen LogP contribution in [0.15, 0.2) is 48.6 Å². The van der Waals surface area contributed by atoms with Gasteiger partial charge >= 0.3 is 0 Å². The summed E-state index contributed by atoms with van der Waals surface area (Å²) >= 11 is 0. The maximum absolute atomic E-state index is 13.8. The number of carbonyl (C=O) groups is 5. The van der Waals surface area contributed by atoms with Crippen molar-refractivity contribution in [1.29, 1.82) is 0 Å². The quantitative estimate of drug-likeness (QED) is 0.0570. The fourth-order valence-corrected chi connectivity index (χ4v) is 7.15. The van der Waals surface area contributed by atoms with Crippen LogP contribution in [0.1, 0.15) is 79.4 Å². The lowest BCUT2D eigenvalue weighted by atomic mass is 10.1. The maximum atomic E-state index is 13.8. The first kappa shape index (κ1) is 41.6. The molecule has 4 aromatic heterocycles. The zero-order chi connectivity index (χ0) is 43.5. The number of aromatic nitrogens is 8. The fourth-order valence-electron chi connectivity index (χ4n) is 7.15. The number of amides is 5. The van der Waals surface area contributed by atoms with Crippen molar-refractivity contribution in [3.8, 4) is 11.5 Å².